The Morgan fingerprint density at radius 2 is 2.21 bits per heavy atom. The van der Waals surface area contributed by atoms with Gasteiger partial charge in [-0.3, -0.25) is 0 Å². The van der Waals surface area contributed by atoms with Gasteiger partial charge in [0.1, 0.15) is 5.58 Å². The Morgan fingerprint density at radius 1 is 1.37 bits per heavy atom. The molecule has 1 aromatic heterocycles. The van der Waals surface area contributed by atoms with Gasteiger partial charge in [-0.25, -0.2) is 0 Å². The highest BCUT2D eigenvalue weighted by molar-refractivity contribution is 5.80. The van der Waals surface area contributed by atoms with Gasteiger partial charge in [0.05, 0.1) is 6.26 Å². The van der Waals surface area contributed by atoms with E-state index in [1.54, 1.807) is 0 Å². The summed E-state index contributed by atoms with van der Waals surface area (Å²) in [5.74, 6) is 0. The molecule has 0 spiro atoms. The summed E-state index contributed by atoms with van der Waals surface area (Å²) < 4.78 is 5.58. The molecule has 2 heterocycles. The van der Waals surface area contributed by atoms with Gasteiger partial charge in [0.15, 0.2) is 0 Å². The minimum absolute atomic E-state index is 0.625. The van der Waals surface area contributed by atoms with E-state index in [1.165, 1.54) is 30.3 Å². The standard InChI is InChI=1S/C16H22N2O/c1-12-9-14(7-8-18(12)2)17-10-13-11-19-16-6-4-3-5-15(13)16/h3-6,11-12,14,17H,7-10H2,1-2H3. The van der Waals surface area contributed by atoms with E-state index in [4.69, 9.17) is 4.42 Å². The predicted octanol–water partition coefficient (Wildman–Crippen LogP) is 3.01. The molecule has 1 N–H and O–H groups in total. The van der Waals surface area contributed by atoms with Crippen molar-refractivity contribution >= 4 is 11.0 Å². The van der Waals surface area contributed by atoms with Crippen LogP contribution >= 0.6 is 0 Å². The molecule has 0 radical (unpaired) electrons. The zero-order chi connectivity index (χ0) is 13.2. The lowest BCUT2D eigenvalue weighted by atomic mass is 9.98. The van der Waals surface area contributed by atoms with E-state index in [2.05, 4.69) is 36.3 Å². The number of furan rings is 1. The van der Waals surface area contributed by atoms with Crippen LogP contribution < -0.4 is 5.32 Å². The molecule has 2 atom stereocenters. The molecule has 1 saturated heterocycles. The second-order valence-corrected chi connectivity index (χ2v) is 5.69. The minimum Gasteiger partial charge on any atom is -0.464 e. The van der Waals surface area contributed by atoms with Crippen molar-refractivity contribution in [1.82, 2.24) is 10.2 Å². The molecule has 0 saturated carbocycles. The minimum atomic E-state index is 0.625. The summed E-state index contributed by atoms with van der Waals surface area (Å²) >= 11 is 0. The Morgan fingerprint density at radius 3 is 3.05 bits per heavy atom. The Labute approximate surface area is 114 Å². The summed E-state index contributed by atoms with van der Waals surface area (Å²) in [6.07, 6.45) is 4.35. The van der Waals surface area contributed by atoms with Crippen molar-refractivity contribution in [1.29, 1.82) is 0 Å². The first-order valence-corrected chi connectivity index (χ1v) is 7.13. The summed E-state index contributed by atoms with van der Waals surface area (Å²) in [7, 11) is 2.21. The van der Waals surface area contributed by atoms with Crippen LogP contribution in [0.5, 0.6) is 0 Å². The Kier molecular flexibility index (Phi) is 3.58. The second-order valence-electron chi connectivity index (χ2n) is 5.69. The van der Waals surface area contributed by atoms with E-state index in [9.17, 15) is 0 Å². The first-order chi connectivity index (χ1) is 9.24. The van der Waals surface area contributed by atoms with Crippen molar-refractivity contribution in [2.45, 2.75) is 38.4 Å². The highest BCUT2D eigenvalue weighted by atomic mass is 16.3. The molecule has 1 aliphatic heterocycles. The topological polar surface area (TPSA) is 28.4 Å². The molecule has 0 aliphatic carbocycles. The maximum absolute atomic E-state index is 5.58. The third-order valence-electron chi connectivity index (χ3n) is 4.35. The number of benzene rings is 1. The molecule has 2 aromatic rings. The molecular weight excluding hydrogens is 236 g/mol. The number of para-hydroxylation sites is 1. The molecule has 3 nitrogen and oxygen atoms in total. The SMILES string of the molecule is CC1CC(NCc2coc3ccccc23)CCN1C. The van der Waals surface area contributed by atoms with Crippen LogP contribution in [0.3, 0.4) is 0 Å². The lowest BCUT2D eigenvalue weighted by Gasteiger charge is -2.35. The van der Waals surface area contributed by atoms with Gasteiger partial charge in [-0.15, -0.1) is 0 Å². The monoisotopic (exact) mass is 258 g/mol. The van der Waals surface area contributed by atoms with Gasteiger partial charge in [-0.1, -0.05) is 18.2 Å². The number of hydrogen-bond donors (Lipinski definition) is 1. The van der Waals surface area contributed by atoms with Crippen molar-refractivity contribution in [2.75, 3.05) is 13.6 Å². The third-order valence-corrected chi connectivity index (χ3v) is 4.35. The van der Waals surface area contributed by atoms with Crippen molar-refractivity contribution in [3.8, 4) is 0 Å². The fourth-order valence-corrected chi connectivity index (χ4v) is 2.90. The van der Waals surface area contributed by atoms with Crippen LogP contribution in [0.2, 0.25) is 0 Å². The maximum Gasteiger partial charge on any atom is 0.134 e. The summed E-state index contributed by atoms with van der Waals surface area (Å²) in [5, 5.41) is 4.91. The van der Waals surface area contributed by atoms with Gasteiger partial charge in [0, 0.05) is 29.6 Å². The Balaban J connectivity index is 1.63. The molecule has 2 unspecified atom stereocenters. The average Bonchev–Trinajstić information content (AvgIpc) is 2.83. The van der Waals surface area contributed by atoms with Crippen LogP contribution in [-0.2, 0) is 6.54 Å². The smallest absolute Gasteiger partial charge is 0.134 e. The average molecular weight is 258 g/mol. The zero-order valence-corrected chi connectivity index (χ0v) is 11.7. The molecule has 0 bridgehead atoms. The van der Waals surface area contributed by atoms with Crippen LogP contribution in [0, 0.1) is 0 Å². The number of rotatable bonds is 3. The largest absolute Gasteiger partial charge is 0.464 e. The van der Waals surface area contributed by atoms with Gasteiger partial charge in [0.25, 0.3) is 0 Å². The molecule has 1 aromatic carbocycles. The number of nitrogens with zero attached hydrogens (tertiary/aromatic N) is 1. The van der Waals surface area contributed by atoms with Crippen LogP contribution in [0.4, 0.5) is 0 Å². The fourth-order valence-electron chi connectivity index (χ4n) is 2.90. The predicted molar refractivity (Wildman–Crippen MR) is 78.2 cm³/mol. The van der Waals surface area contributed by atoms with E-state index in [0.717, 1.165) is 12.1 Å². The van der Waals surface area contributed by atoms with Gasteiger partial charge < -0.3 is 14.6 Å². The molecule has 0 amide bonds. The second kappa shape index (κ2) is 5.35. The Hall–Kier alpha value is -1.32. The Bertz CT molecular complexity index is 548. The molecule has 102 valence electrons. The summed E-state index contributed by atoms with van der Waals surface area (Å²) in [4.78, 5) is 2.44. The summed E-state index contributed by atoms with van der Waals surface area (Å²) in [6.45, 7) is 4.39. The number of likely N-dealkylation sites (tertiary alicyclic amines) is 1. The summed E-state index contributed by atoms with van der Waals surface area (Å²) in [6, 6.07) is 9.54. The van der Waals surface area contributed by atoms with Crippen LogP contribution in [-0.4, -0.2) is 30.6 Å². The number of nitrogens with one attached hydrogen (secondary N) is 1. The molecule has 19 heavy (non-hydrogen) atoms. The van der Waals surface area contributed by atoms with E-state index < -0.39 is 0 Å². The van der Waals surface area contributed by atoms with E-state index in [0.29, 0.717) is 12.1 Å². The third kappa shape index (κ3) is 2.67. The number of hydrogen-bond acceptors (Lipinski definition) is 3. The van der Waals surface area contributed by atoms with Crippen molar-refractivity contribution < 1.29 is 4.42 Å². The van der Waals surface area contributed by atoms with Crippen molar-refractivity contribution in [2.24, 2.45) is 0 Å². The maximum atomic E-state index is 5.58. The van der Waals surface area contributed by atoms with Gasteiger partial charge in [0.2, 0.25) is 0 Å². The van der Waals surface area contributed by atoms with E-state index in [1.807, 2.05) is 18.4 Å². The van der Waals surface area contributed by atoms with E-state index in [-0.39, 0.29) is 0 Å². The molecule has 1 fully saturated rings. The van der Waals surface area contributed by atoms with Crippen LogP contribution in [0.25, 0.3) is 11.0 Å². The van der Waals surface area contributed by atoms with Gasteiger partial charge >= 0.3 is 0 Å². The normalized spacial score (nSPS) is 24.9. The fraction of sp³-hybridized carbons (Fsp3) is 0.500. The van der Waals surface area contributed by atoms with Gasteiger partial charge in [-0.2, -0.15) is 0 Å². The first-order valence-electron chi connectivity index (χ1n) is 7.13. The molecule has 1 aliphatic rings. The number of piperidine rings is 1. The van der Waals surface area contributed by atoms with Crippen molar-refractivity contribution in [3.63, 3.8) is 0 Å². The van der Waals surface area contributed by atoms with Crippen LogP contribution in [0.1, 0.15) is 25.3 Å². The number of fused-ring (bicyclic) bond motifs is 1. The lowest BCUT2D eigenvalue weighted by molar-refractivity contribution is 0.168. The van der Waals surface area contributed by atoms with Crippen molar-refractivity contribution in [3.05, 3.63) is 36.1 Å². The van der Waals surface area contributed by atoms with E-state index >= 15 is 0 Å². The quantitative estimate of drug-likeness (QED) is 0.917. The van der Waals surface area contributed by atoms with Gasteiger partial charge in [-0.05, 0) is 39.4 Å². The van der Waals surface area contributed by atoms with Crippen LogP contribution in [0.15, 0.2) is 34.9 Å². The summed E-state index contributed by atoms with van der Waals surface area (Å²) in [5.41, 5.74) is 2.25. The molecule has 3 rings (SSSR count). The first kappa shape index (κ1) is 12.7. The molecule has 3 heteroatoms. The highest BCUT2D eigenvalue weighted by Gasteiger charge is 2.22. The lowest BCUT2D eigenvalue weighted by Crippen LogP contribution is -2.45. The zero-order valence-electron chi connectivity index (χ0n) is 11.7. The molecular formula is C16H22N2O. The highest BCUT2D eigenvalue weighted by Crippen LogP contribution is 2.21.